The molecule has 1 unspecified atom stereocenters. The molecular formula is C12H17N3S. The van der Waals surface area contributed by atoms with Gasteiger partial charge in [0.1, 0.15) is 0 Å². The summed E-state index contributed by atoms with van der Waals surface area (Å²) >= 11 is 1.73. The minimum absolute atomic E-state index is 0.117. The second-order valence-electron chi connectivity index (χ2n) is 4.08. The number of aromatic nitrogens is 2. The average Bonchev–Trinajstić information content (AvgIpc) is 2.83. The molecule has 2 aromatic rings. The number of nitrogens with two attached hydrogens (primary N) is 1. The van der Waals surface area contributed by atoms with Crippen molar-refractivity contribution in [2.45, 2.75) is 32.9 Å². The Morgan fingerprint density at radius 3 is 2.94 bits per heavy atom. The minimum atomic E-state index is 0.117. The molecule has 0 spiro atoms. The second-order valence-corrected chi connectivity index (χ2v) is 5.02. The Morgan fingerprint density at radius 2 is 2.38 bits per heavy atom. The lowest BCUT2D eigenvalue weighted by atomic mass is 10.2. The van der Waals surface area contributed by atoms with Crippen LogP contribution >= 0.6 is 11.3 Å². The predicted molar refractivity (Wildman–Crippen MR) is 67.6 cm³/mol. The van der Waals surface area contributed by atoms with Crippen LogP contribution in [-0.2, 0) is 13.0 Å². The lowest BCUT2D eigenvalue weighted by molar-refractivity contribution is 0.697. The van der Waals surface area contributed by atoms with Crippen LogP contribution in [0.3, 0.4) is 0 Å². The van der Waals surface area contributed by atoms with E-state index in [1.54, 1.807) is 11.3 Å². The van der Waals surface area contributed by atoms with Crippen LogP contribution in [-0.4, -0.2) is 9.55 Å². The van der Waals surface area contributed by atoms with Crippen molar-refractivity contribution in [1.29, 1.82) is 0 Å². The monoisotopic (exact) mass is 235 g/mol. The fourth-order valence-corrected chi connectivity index (χ4v) is 2.44. The Kier molecular flexibility index (Phi) is 3.41. The van der Waals surface area contributed by atoms with Crippen molar-refractivity contribution < 1.29 is 0 Å². The van der Waals surface area contributed by atoms with Gasteiger partial charge in [0.15, 0.2) is 0 Å². The topological polar surface area (TPSA) is 43.8 Å². The smallest absolute Gasteiger partial charge is 0.0797 e. The third-order valence-corrected chi connectivity index (χ3v) is 3.74. The van der Waals surface area contributed by atoms with Gasteiger partial charge in [0, 0.05) is 36.3 Å². The van der Waals surface area contributed by atoms with Crippen molar-refractivity contribution in [3.05, 3.63) is 40.1 Å². The highest BCUT2D eigenvalue weighted by Crippen LogP contribution is 2.15. The summed E-state index contributed by atoms with van der Waals surface area (Å²) in [5.74, 6) is 0. The van der Waals surface area contributed by atoms with Gasteiger partial charge in [-0.2, -0.15) is 0 Å². The standard InChI is InChI=1S/C12H17N3S/c1-9(13)11-3-5-15(7-11)6-4-12-10(2)14-8-16-12/h3,5,7-9H,4,6,13H2,1-2H3. The summed E-state index contributed by atoms with van der Waals surface area (Å²) < 4.78 is 2.19. The van der Waals surface area contributed by atoms with Gasteiger partial charge in [-0.1, -0.05) is 0 Å². The molecular weight excluding hydrogens is 218 g/mol. The maximum atomic E-state index is 5.82. The molecule has 0 saturated carbocycles. The van der Waals surface area contributed by atoms with Crippen molar-refractivity contribution in [2.75, 3.05) is 0 Å². The van der Waals surface area contributed by atoms with Crippen molar-refractivity contribution >= 4 is 11.3 Å². The van der Waals surface area contributed by atoms with E-state index in [1.165, 1.54) is 10.4 Å². The highest BCUT2D eigenvalue weighted by atomic mass is 32.1. The van der Waals surface area contributed by atoms with Crippen LogP contribution in [0.15, 0.2) is 24.0 Å². The molecule has 2 rings (SSSR count). The molecule has 2 heterocycles. The van der Waals surface area contributed by atoms with Gasteiger partial charge in [0.25, 0.3) is 0 Å². The Balaban J connectivity index is 1.97. The zero-order valence-corrected chi connectivity index (χ0v) is 10.5. The fourth-order valence-electron chi connectivity index (χ4n) is 1.66. The summed E-state index contributed by atoms with van der Waals surface area (Å²) in [5, 5.41) is 0. The van der Waals surface area contributed by atoms with Gasteiger partial charge in [0.2, 0.25) is 0 Å². The van der Waals surface area contributed by atoms with Gasteiger partial charge in [-0.05, 0) is 25.5 Å². The highest BCUT2D eigenvalue weighted by Gasteiger charge is 2.04. The molecule has 0 aliphatic heterocycles. The van der Waals surface area contributed by atoms with Crippen molar-refractivity contribution in [3.8, 4) is 0 Å². The van der Waals surface area contributed by atoms with E-state index in [-0.39, 0.29) is 6.04 Å². The van der Waals surface area contributed by atoms with Crippen molar-refractivity contribution in [3.63, 3.8) is 0 Å². The van der Waals surface area contributed by atoms with Crippen LogP contribution in [0.5, 0.6) is 0 Å². The SMILES string of the molecule is Cc1ncsc1CCn1ccc(C(C)N)c1. The summed E-state index contributed by atoms with van der Waals surface area (Å²) in [4.78, 5) is 5.62. The van der Waals surface area contributed by atoms with Crippen LogP contribution < -0.4 is 5.73 Å². The van der Waals surface area contributed by atoms with Crippen molar-refractivity contribution in [2.24, 2.45) is 5.73 Å². The number of hydrogen-bond acceptors (Lipinski definition) is 3. The molecule has 16 heavy (non-hydrogen) atoms. The Hall–Kier alpha value is -1.13. The summed E-state index contributed by atoms with van der Waals surface area (Å²) in [5.41, 5.74) is 10.1. The summed E-state index contributed by atoms with van der Waals surface area (Å²) in [6, 6.07) is 2.20. The van der Waals surface area contributed by atoms with E-state index in [9.17, 15) is 0 Å². The average molecular weight is 235 g/mol. The molecule has 2 aromatic heterocycles. The Labute approximate surface area is 99.9 Å². The van der Waals surface area contributed by atoms with E-state index in [2.05, 4.69) is 34.9 Å². The van der Waals surface area contributed by atoms with Gasteiger partial charge < -0.3 is 10.3 Å². The molecule has 4 heteroatoms. The number of rotatable bonds is 4. The van der Waals surface area contributed by atoms with Crippen LogP contribution in [0.2, 0.25) is 0 Å². The van der Waals surface area contributed by atoms with E-state index < -0.39 is 0 Å². The molecule has 86 valence electrons. The molecule has 0 bridgehead atoms. The van der Waals surface area contributed by atoms with E-state index >= 15 is 0 Å². The van der Waals surface area contributed by atoms with Gasteiger partial charge in [0.05, 0.1) is 11.2 Å². The van der Waals surface area contributed by atoms with Gasteiger partial charge >= 0.3 is 0 Å². The van der Waals surface area contributed by atoms with Gasteiger partial charge in [-0.15, -0.1) is 11.3 Å². The number of hydrogen-bond donors (Lipinski definition) is 1. The number of aryl methyl sites for hydroxylation is 3. The van der Waals surface area contributed by atoms with Crippen LogP contribution in [0.4, 0.5) is 0 Å². The molecule has 3 nitrogen and oxygen atoms in total. The number of thiazole rings is 1. The molecule has 0 radical (unpaired) electrons. The van der Waals surface area contributed by atoms with Crippen LogP contribution in [0.25, 0.3) is 0 Å². The maximum absolute atomic E-state index is 5.82. The fraction of sp³-hybridized carbons (Fsp3) is 0.417. The third kappa shape index (κ3) is 2.51. The van der Waals surface area contributed by atoms with E-state index in [0.717, 1.165) is 18.7 Å². The quantitative estimate of drug-likeness (QED) is 0.885. The largest absolute Gasteiger partial charge is 0.354 e. The Morgan fingerprint density at radius 1 is 1.56 bits per heavy atom. The second kappa shape index (κ2) is 4.80. The minimum Gasteiger partial charge on any atom is -0.354 e. The molecule has 1 atom stereocenters. The molecule has 0 aliphatic carbocycles. The zero-order chi connectivity index (χ0) is 11.5. The van der Waals surface area contributed by atoms with Crippen LogP contribution in [0.1, 0.15) is 29.1 Å². The first-order valence-electron chi connectivity index (χ1n) is 5.47. The predicted octanol–water partition coefficient (Wildman–Crippen LogP) is 2.52. The van der Waals surface area contributed by atoms with Gasteiger partial charge in [-0.25, -0.2) is 4.98 Å². The molecule has 0 saturated heterocycles. The van der Waals surface area contributed by atoms with Crippen molar-refractivity contribution in [1.82, 2.24) is 9.55 Å². The first-order valence-corrected chi connectivity index (χ1v) is 6.35. The third-order valence-electron chi connectivity index (χ3n) is 2.74. The molecule has 0 fully saturated rings. The summed E-state index contributed by atoms with van der Waals surface area (Å²) in [7, 11) is 0. The lowest BCUT2D eigenvalue weighted by Crippen LogP contribution is -2.04. The summed E-state index contributed by atoms with van der Waals surface area (Å²) in [6.07, 6.45) is 5.26. The zero-order valence-electron chi connectivity index (χ0n) is 9.68. The Bertz CT molecular complexity index is 456. The molecule has 0 aliphatic rings. The number of nitrogens with zero attached hydrogens (tertiary/aromatic N) is 2. The lowest BCUT2D eigenvalue weighted by Gasteiger charge is -2.03. The van der Waals surface area contributed by atoms with E-state index in [0.29, 0.717) is 0 Å². The normalized spacial score (nSPS) is 12.9. The molecule has 0 amide bonds. The van der Waals surface area contributed by atoms with E-state index in [4.69, 9.17) is 5.73 Å². The highest BCUT2D eigenvalue weighted by molar-refractivity contribution is 7.09. The molecule has 2 N–H and O–H groups in total. The van der Waals surface area contributed by atoms with Gasteiger partial charge in [-0.3, -0.25) is 0 Å². The molecule has 0 aromatic carbocycles. The van der Waals surface area contributed by atoms with E-state index in [1.807, 2.05) is 12.4 Å². The first-order chi connectivity index (χ1) is 7.66. The van der Waals surface area contributed by atoms with Crippen LogP contribution in [0, 0.1) is 6.92 Å². The first kappa shape index (κ1) is 11.4. The summed E-state index contributed by atoms with van der Waals surface area (Å²) in [6.45, 7) is 5.07. The maximum Gasteiger partial charge on any atom is 0.0797 e.